The number of rotatable bonds is 3. The smallest absolute Gasteiger partial charge is 0.0713 e. The maximum absolute atomic E-state index is 10.2. The molecule has 0 unspecified atom stereocenters. The Labute approximate surface area is 103 Å². The molecule has 1 aromatic carbocycles. The molecule has 2 aliphatic rings. The van der Waals surface area contributed by atoms with Crippen molar-refractivity contribution in [3.63, 3.8) is 0 Å². The summed E-state index contributed by atoms with van der Waals surface area (Å²) in [6, 6.07) is 11.5. The molecule has 1 aromatic rings. The second-order valence-corrected chi connectivity index (χ2v) is 5.63. The average Bonchev–Trinajstić information content (AvgIpc) is 3.13. The van der Waals surface area contributed by atoms with Gasteiger partial charge < -0.3 is 5.11 Å². The minimum atomic E-state index is -0.147. The van der Waals surface area contributed by atoms with Crippen molar-refractivity contribution in [2.45, 2.75) is 43.9 Å². The Hall–Kier alpha value is -0.860. The van der Waals surface area contributed by atoms with E-state index in [1.807, 2.05) is 6.07 Å². The van der Waals surface area contributed by atoms with Crippen LogP contribution in [0, 0.1) is 5.92 Å². The molecule has 2 nitrogen and oxygen atoms in total. The number of benzene rings is 1. The zero-order chi connectivity index (χ0) is 11.8. The van der Waals surface area contributed by atoms with Crippen molar-refractivity contribution in [1.82, 2.24) is 4.90 Å². The summed E-state index contributed by atoms with van der Waals surface area (Å²) >= 11 is 0. The van der Waals surface area contributed by atoms with Crippen LogP contribution in [0.5, 0.6) is 0 Å². The second kappa shape index (κ2) is 4.43. The third kappa shape index (κ3) is 2.24. The van der Waals surface area contributed by atoms with Gasteiger partial charge in [0.25, 0.3) is 0 Å². The predicted octanol–water partition coefficient (Wildman–Crippen LogP) is 2.07. The van der Waals surface area contributed by atoms with E-state index in [0.29, 0.717) is 12.1 Å². The highest BCUT2D eigenvalue weighted by Gasteiger charge is 2.44. The van der Waals surface area contributed by atoms with Crippen LogP contribution >= 0.6 is 0 Å². The van der Waals surface area contributed by atoms with Crippen molar-refractivity contribution in [2.24, 2.45) is 5.92 Å². The van der Waals surface area contributed by atoms with Crippen LogP contribution in [0.25, 0.3) is 0 Å². The fourth-order valence-corrected chi connectivity index (χ4v) is 3.23. The molecule has 92 valence electrons. The van der Waals surface area contributed by atoms with Gasteiger partial charge in [0, 0.05) is 12.1 Å². The van der Waals surface area contributed by atoms with Crippen molar-refractivity contribution in [3.05, 3.63) is 35.9 Å². The number of hydrogen-bond donors (Lipinski definition) is 1. The molecule has 0 spiro atoms. The third-order valence-corrected chi connectivity index (χ3v) is 4.43. The quantitative estimate of drug-likeness (QED) is 0.861. The molecule has 3 rings (SSSR count). The summed E-state index contributed by atoms with van der Waals surface area (Å²) in [4.78, 5) is 2.43. The lowest BCUT2D eigenvalue weighted by atomic mass is 10.0. The first-order valence-electron chi connectivity index (χ1n) is 6.69. The topological polar surface area (TPSA) is 23.5 Å². The number of hydrogen-bond acceptors (Lipinski definition) is 2. The fourth-order valence-electron chi connectivity index (χ4n) is 3.23. The van der Waals surface area contributed by atoms with Gasteiger partial charge in [-0.2, -0.15) is 0 Å². The molecule has 0 radical (unpaired) electrons. The SMILES string of the molecule is CN1[C@@H](C2CC2)C[C@@H](O)[C@H]1Cc1ccccc1. The number of nitrogens with zero attached hydrogens (tertiary/aromatic N) is 1. The summed E-state index contributed by atoms with van der Waals surface area (Å²) < 4.78 is 0. The molecular weight excluding hydrogens is 210 g/mol. The minimum absolute atomic E-state index is 0.147. The molecule has 0 aromatic heterocycles. The van der Waals surface area contributed by atoms with Gasteiger partial charge >= 0.3 is 0 Å². The summed E-state index contributed by atoms with van der Waals surface area (Å²) in [6.45, 7) is 0. The van der Waals surface area contributed by atoms with Gasteiger partial charge in [-0.1, -0.05) is 30.3 Å². The van der Waals surface area contributed by atoms with Crippen LogP contribution in [0.4, 0.5) is 0 Å². The van der Waals surface area contributed by atoms with Crippen LogP contribution in [0.1, 0.15) is 24.8 Å². The van der Waals surface area contributed by atoms with Crippen LogP contribution in [-0.2, 0) is 6.42 Å². The molecule has 1 N–H and O–H groups in total. The van der Waals surface area contributed by atoms with E-state index in [1.54, 1.807) is 0 Å². The normalized spacial score (nSPS) is 34.1. The molecule has 17 heavy (non-hydrogen) atoms. The first-order valence-corrected chi connectivity index (χ1v) is 6.69. The third-order valence-electron chi connectivity index (χ3n) is 4.43. The maximum atomic E-state index is 10.2. The van der Waals surface area contributed by atoms with E-state index in [9.17, 15) is 5.11 Å². The number of aliphatic hydroxyl groups is 1. The van der Waals surface area contributed by atoms with Crippen molar-refractivity contribution < 1.29 is 5.11 Å². The van der Waals surface area contributed by atoms with Crippen molar-refractivity contribution in [3.8, 4) is 0 Å². The van der Waals surface area contributed by atoms with Crippen molar-refractivity contribution in [2.75, 3.05) is 7.05 Å². The van der Waals surface area contributed by atoms with Crippen LogP contribution in [0.2, 0.25) is 0 Å². The van der Waals surface area contributed by atoms with Gasteiger partial charge in [-0.3, -0.25) is 4.90 Å². The molecular formula is C15H21NO. The lowest BCUT2D eigenvalue weighted by Crippen LogP contribution is -2.37. The van der Waals surface area contributed by atoms with E-state index in [4.69, 9.17) is 0 Å². The van der Waals surface area contributed by atoms with Crippen LogP contribution in [-0.4, -0.2) is 35.2 Å². The van der Waals surface area contributed by atoms with E-state index in [-0.39, 0.29) is 6.10 Å². The lowest BCUT2D eigenvalue weighted by molar-refractivity contribution is 0.122. The molecule has 0 bridgehead atoms. The highest BCUT2D eigenvalue weighted by atomic mass is 16.3. The monoisotopic (exact) mass is 231 g/mol. The Balaban J connectivity index is 1.70. The molecule has 3 atom stereocenters. The number of likely N-dealkylation sites (tertiary alicyclic amines) is 1. The molecule has 1 aliphatic carbocycles. The number of aliphatic hydroxyl groups excluding tert-OH is 1. The Morgan fingerprint density at radius 3 is 2.59 bits per heavy atom. The highest BCUT2D eigenvalue weighted by Crippen LogP contribution is 2.41. The molecule has 0 amide bonds. The Kier molecular flexibility index (Phi) is 2.93. The first-order chi connectivity index (χ1) is 8.25. The molecule has 2 heteroatoms. The maximum Gasteiger partial charge on any atom is 0.0713 e. The fraction of sp³-hybridized carbons (Fsp3) is 0.600. The van der Waals surface area contributed by atoms with E-state index >= 15 is 0 Å². The Morgan fingerprint density at radius 2 is 1.94 bits per heavy atom. The minimum Gasteiger partial charge on any atom is -0.391 e. The van der Waals surface area contributed by atoms with E-state index < -0.39 is 0 Å². The number of likely N-dealkylation sites (N-methyl/N-ethyl adjacent to an activating group) is 1. The molecule has 2 fully saturated rings. The highest BCUT2D eigenvalue weighted by molar-refractivity contribution is 5.17. The van der Waals surface area contributed by atoms with E-state index in [0.717, 1.165) is 18.8 Å². The summed E-state index contributed by atoms with van der Waals surface area (Å²) in [5, 5.41) is 10.2. The average molecular weight is 231 g/mol. The summed E-state index contributed by atoms with van der Waals surface area (Å²) in [6.07, 6.45) is 4.52. The standard InChI is InChI=1S/C15H21NO/c1-16-13(12-7-8-12)10-15(17)14(16)9-11-5-3-2-4-6-11/h2-6,12-15,17H,7-10H2,1H3/t13-,14-,15-/m1/s1. The van der Waals surface area contributed by atoms with Gasteiger partial charge in [0.1, 0.15) is 0 Å². The van der Waals surface area contributed by atoms with Gasteiger partial charge in [0.2, 0.25) is 0 Å². The van der Waals surface area contributed by atoms with Gasteiger partial charge in [-0.05, 0) is 44.2 Å². The van der Waals surface area contributed by atoms with Crippen LogP contribution < -0.4 is 0 Å². The summed E-state index contributed by atoms with van der Waals surface area (Å²) in [7, 11) is 2.19. The summed E-state index contributed by atoms with van der Waals surface area (Å²) in [5.41, 5.74) is 1.33. The van der Waals surface area contributed by atoms with Crippen LogP contribution in [0.15, 0.2) is 30.3 Å². The first kappa shape index (κ1) is 11.2. The lowest BCUT2D eigenvalue weighted by Gasteiger charge is -2.26. The molecule has 1 saturated heterocycles. The Bertz CT molecular complexity index is 374. The molecule has 1 saturated carbocycles. The zero-order valence-corrected chi connectivity index (χ0v) is 10.4. The van der Waals surface area contributed by atoms with Crippen molar-refractivity contribution >= 4 is 0 Å². The van der Waals surface area contributed by atoms with Gasteiger partial charge in [0.15, 0.2) is 0 Å². The zero-order valence-electron chi connectivity index (χ0n) is 10.4. The van der Waals surface area contributed by atoms with E-state index in [1.165, 1.54) is 18.4 Å². The van der Waals surface area contributed by atoms with Gasteiger partial charge in [-0.25, -0.2) is 0 Å². The largest absolute Gasteiger partial charge is 0.391 e. The van der Waals surface area contributed by atoms with Crippen LogP contribution in [0.3, 0.4) is 0 Å². The van der Waals surface area contributed by atoms with Gasteiger partial charge in [0.05, 0.1) is 6.10 Å². The van der Waals surface area contributed by atoms with E-state index in [2.05, 4.69) is 36.2 Å². The molecule has 1 heterocycles. The van der Waals surface area contributed by atoms with Gasteiger partial charge in [-0.15, -0.1) is 0 Å². The Morgan fingerprint density at radius 1 is 1.24 bits per heavy atom. The second-order valence-electron chi connectivity index (χ2n) is 5.63. The van der Waals surface area contributed by atoms with Crippen molar-refractivity contribution in [1.29, 1.82) is 0 Å². The summed E-state index contributed by atoms with van der Waals surface area (Å²) in [5.74, 6) is 0.857. The predicted molar refractivity (Wildman–Crippen MR) is 68.8 cm³/mol. The molecule has 1 aliphatic heterocycles.